The molecule has 0 amide bonds. The molecular formula is C15H15ClO3S. The standard InChI is InChI=1S/C15H15ClO3S/c16-11-2-1-3-14(8-11)19-9-13(18)10-20-15-6-4-12(17)5-7-15/h1-8,13,17-18H,9-10H2. The average Bonchev–Trinajstić information content (AvgIpc) is 2.45. The number of aromatic hydroxyl groups is 1. The van der Waals surface area contributed by atoms with Crippen LogP contribution >= 0.6 is 23.4 Å². The van der Waals surface area contributed by atoms with Gasteiger partial charge in [-0.25, -0.2) is 0 Å². The van der Waals surface area contributed by atoms with Crippen LogP contribution in [0.25, 0.3) is 0 Å². The lowest BCUT2D eigenvalue weighted by Crippen LogP contribution is -2.20. The predicted octanol–water partition coefficient (Wildman–Crippen LogP) is 3.58. The van der Waals surface area contributed by atoms with Gasteiger partial charge in [-0.05, 0) is 42.5 Å². The zero-order valence-electron chi connectivity index (χ0n) is 10.7. The molecule has 0 spiro atoms. The van der Waals surface area contributed by atoms with Gasteiger partial charge in [0.1, 0.15) is 18.1 Å². The number of hydrogen-bond acceptors (Lipinski definition) is 4. The van der Waals surface area contributed by atoms with Crippen LogP contribution in [-0.4, -0.2) is 28.7 Å². The van der Waals surface area contributed by atoms with Gasteiger partial charge in [0.2, 0.25) is 0 Å². The maximum atomic E-state index is 9.87. The molecule has 0 aromatic heterocycles. The number of phenolic OH excluding ortho intramolecular Hbond substituents is 1. The van der Waals surface area contributed by atoms with E-state index in [9.17, 15) is 10.2 Å². The number of aliphatic hydroxyl groups is 1. The Morgan fingerprint density at radius 3 is 2.60 bits per heavy atom. The average molecular weight is 311 g/mol. The van der Waals surface area contributed by atoms with Crippen molar-refractivity contribution in [2.24, 2.45) is 0 Å². The van der Waals surface area contributed by atoms with Crippen molar-refractivity contribution in [1.29, 1.82) is 0 Å². The van der Waals surface area contributed by atoms with Crippen LogP contribution in [0.5, 0.6) is 11.5 Å². The second-order valence-electron chi connectivity index (χ2n) is 4.23. The Kier molecular flexibility index (Phi) is 5.59. The van der Waals surface area contributed by atoms with Crippen molar-refractivity contribution in [2.75, 3.05) is 12.4 Å². The third kappa shape index (κ3) is 4.96. The molecule has 2 aromatic carbocycles. The summed E-state index contributed by atoms with van der Waals surface area (Å²) in [6.07, 6.45) is -0.576. The van der Waals surface area contributed by atoms with Crippen molar-refractivity contribution in [3.05, 3.63) is 53.6 Å². The van der Waals surface area contributed by atoms with E-state index in [2.05, 4.69) is 0 Å². The number of thioether (sulfide) groups is 1. The first kappa shape index (κ1) is 15.0. The molecule has 0 radical (unpaired) electrons. The van der Waals surface area contributed by atoms with E-state index in [0.29, 0.717) is 16.5 Å². The molecule has 1 unspecified atom stereocenters. The summed E-state index contributed by atoms with van der Waals surface area (Å²) in [4.78, 5) is 0.990. The predicted molar refractivity (Wildman–Crippen MR) is 81.8 cm³/mol. The molecule has 0 fully saturated rings. The molecule has 106 valence electrons. The van der Waals surface area contributed by atoms with Gasteiger partial charge in [0.25, 0.3) is 0 Å². The topological polar surface area (TPSA) is 49.7 Å². The molecule has 2 N–H and O–H groups in total. The Balaban J connectivity index is 1.75. The van der Waals surface area contributed by atoms with Crippen molar-refractivity contribution in [2.45, 2.75) is 11.0 Å². The Hall–Kier alpha value is -1.36. The van der Waals surface area contributed by atoms with E-state index < -0.39 is 6.10 Å². The summed E-state index contributed by atoms with van der Waals surface area (Å²) in [7, 11) is 0. The lowest BCUT2D eigenvalue weighted by atomic mass is 10.3. The third-order valence-corrected chi connectivity index (χ3v) is 3.91. The summed E-state index contributed by atoms with van der Waals surface area (Å²) in [6.45, 7) is 0.214. The van der Waals surface area contributed by atoms with E-state index in [0.717, 1.165) is 4.90 Å². The maximum absolute atomic E-state index is 9.87. The van der Waals surface area contributed by atoms with Crippen LogP contribution in [0.1, 0.15) is 0 Å². The zero-order chi connectivity index (χ0) is 14.4. The maximum Gasteiger partial charge on any atom is 0.120 e. The van der Waals surface area contributed by atoms with E-state index in [1.165, 1.54) is 11.8 Å². The highest BCUT2D eigenvalue weighted by atomic mass is 35.5. The number of phenols is 1. The fraction of sp³-hybridized carbons (Fsp3) is 0.200. The van der Waals surface area contributed by atoms with Gasteiger partial charge in [0.05, 0.1) is 6.10 Å². The first-order valence-corrected chi connectivity index (χ1v) is 7.48. The van der Waals surface area contributed by atoms with Crippen LogP contribution in [0, 0.1) is 0 Å². The van der Waals surface area contributed by atoms with Crippen LogP contribution in [0.4, 0.5) is 0 Å². The minimum Gasteiger partial charge on any atom is -0.508 e. The molecule has 0 aliphatic heterocycles. The molecule has 0 saturated carbocycles. The Labute approximate surface area is 127 Å². The molecule has 0 heterocycles. The minimum atomic E-state index is -0.576. The Morgan fingerprint density at radius 1 is 1.15 bits per heavy atom. The monoisotopic (exact) mass is 310 g/mol. The molecular weight excluding hydrogens is 296 g/mol. The number of rotatable bonds is 6. The lowest BCUT2D eigenvalue weighted by Gasteiger charge is -2.12. The summed E-state index contributed by atoms with van der Waals surface area (Å²) in [5.74, 6) is 1.40. The third-order valence-electron chi connectivity index (χ3n) is 2.52. The highest BCUT2D eigenvalue weighted by Crippen LogP contribution is 2.22. The summed E-state index contributed by atoms with van der Waals surface area (Å²) in [5, 5.41) is 19.7. The van der Waals surface area contributed by atoms with Crippen molar-refractivity contribution < 1.29 is 14.9 Å². The molecule has 0 saturated heterocycles. The molecule has 3 nitrogen and oxygen atoms in total. The number of ether oxygens (including phenoxy) is 1. The summed E-state index contributed by atoms with van der Waals surface area (Å²) in [6, 6.07) is 13.9. The van der Waals surface area contributed by atoms with Gasteiger partial charge in [0.15, 0.2) is 0 Å². The first-order chi connectivity index (χ1) is 9.63. The quantitative estimate of drug-likeness (QED) is 0.801. The zero-order valence-corrected chi connectivity index (χ0v) is 12.3. The van der Waals surface area contributed by atoms with Crippen molar-refractivity contribution >= 4 is 23.4 Å². The highest BCUT2D eigenvalue weighted by Gasteiger charge is 2.07. The number of halogens is 1. The van der Waals surface area contributed by atoms with Crippen LogP contribution in [0.2, 0.25) is 5.02 Å². The minimum absolute atomic E-state index is 0.214. The van der Waals surface area contributed by atoms with Gasteiger partial charge in [0, 0.05) is 15.7 Å². The summed E-state index contributed by atoms with van der Waals surface area (Å²) < 4.78 is 5.47. The Bertz CT molecular complexity index is 545. The molecule has 1 atom stereocenters. The summed E-state index contributed by atoms with van der Waals surface area (Å²) >= 11 is 7.36. The van der Waals surface area contributed by atoms with Crippen molar-refractivity contribution in [1.82, 2.24) is 0 Å². The van der Waals surface area contributed by atoms with Gasteiger partial charge in [-0.15, -0.1) is 11.8 Å². The van der Waals surface area contributed by atoms with Crippen LogP contribution in [0.15, 0.2) is 53.4 Å². The van der Waals surface area contributed by atoms with Gasteiger partial charge >= 0.3 is 0 Å². The molecule has 2 aromatic rings. The van der Waals surface area contributed by atoms with Gasteiger partial charge in [-0.1, -0.05) is 17.7 Å². The number of aliphatic hydroxyl groups excluding tert-OH is 1. The Morgan fingerprint density at radius 2 is 1.90 bits per heavy atom. The number of hydrogen-bond donors (Lipinski definition) is 2. The van der Waals surface area contributed by atoms with E-state index in [4.69, 9.17) is 16.3 Å². The highest BCUT2D eigenvalue weighted by molar-refractivity contribution is 7.99. The van der Waals surface area contributed by atoms with Crippen molar-refractivity contribution in [3.8, 4) is 11.5 Å². The largest absolute Gasteiger partial charge is 0.508 e. The molecule has 0 aliphatic rings. The van der Waals surface area contributed by atoms with Gasteiger partial charge < -0.3 is 14.9 Å². The molecule has 0 aliphatic carbocycles. The van der Waals surface area contributed by atoms with E-state index >= 15 is 0 Å². The molecule has 2 rings (SSSR count). The van der Waals surface area contributed by atoms with E-state index in [1.807, 2.05) is 12.1 Å². The molecule has 20 heavy (non-hydrogen) atoms. The van der Waals surface area contributed by atoms with E-state index in [-0.39, 0.29) is 12.4 Å². The summed E-state index contributed by atoms with van der Waals surface area (Å²) in [5.41, 5.74) is 0. The normalized spacial score (nSPS) is 12.1. The van der Waals surface area contributed by atoms with Crippen LogP contribution in [-0.2, 0) is 0 Å². The first-order valence-electron chi connectivity index (χ1n) is 6.12. The second kappa shape index (κ2) is 7.43. The van der Waals surface area contributed by atoms with Gasteiger partial charge in [-0.2, -0.15) is 0 Å². The lowest BCUT2D eigenvalue weighted by molar-refractivity contribution is 0.126. The van der Waals surface area contributed by atoms with Crippen molar-refractivity contribution in [3.63, 3.8) is 0 Å². The number of benzene rings is 2. The van der Waals surface area contributed by atoms with Crippen LogP contribution < -0.4 is 4.74 Å². The smallest absolute Gasteiger partial charge is 0.120 e. The fourth-order valence-corrected chi connectivity index (χ4v) is 2.52. The van der Waals surface area contributed by atoms with Crippen LogP contribution in [0.3, 0.4) is 0 Å². The molecule has 0 bridgehead atoms. The second-order valence-corrected chi connectivity index (χ2v) is 5.76. The SMILES string of the molecule is Oc1ccc(SCC(O)COc2cccc(Cl)c2)cc1. The van der Waals surface area contributed by atoms with Gasteiger partial charge in [-0.3, -0.25) is 0 Å². The molecule has 5 heteroatoms. The van der Waals surface area contributed by atoms with E-state index in [1.54, 1.807) is 36.4 Å². The fourth-order valence-electron chi connectivity index (χ4n) is 1.53.